The molecular weight excluding hydrogens is 226 g/mol. The highest BCUT2D eigenvalue weighted by Crippen LogP contribution is 2.14. The van der Waals surface area contributed by atoms with Crippen molar-refractivity contribution in [3.8, 4) is 5.75 Å². The van der Waals surface area contributed by atoms with E-state index in [1.54, 1.807) is 0 Å². The van der Waals surface area contributed by atoms with Crippen LogP contribution in [0, 0.1) is 10.1 Å². The molecule has 0 aliphatic rings. The lowest BCUT2D eigenvalue weighted by Crippen LogP contribution is -1.85. The summed E-state index contributed by atoms with van der Waals surface area (Å²) in [6.07, 6.45) is 0. The van der Waals surface area contributed by atoms with Gasteiger partial charge in [-0.2, -0.15) is 0 Å². The number of non-ortho nitro benzene ring substituents is 1. The SMILES string of the molecule is CBr.O=[N+]([O-])c1ccc(O)cc1. The molecular formula is C7H8BrNO3. The zero-order chi connectivity index (χ0) is 9.56. The normalized spacial score (nSPS) is 8.17. The van der Waals surface area contributed by atoms with E-state index in [4.69, 9.17) is 5.11 Å². The van der Waals surface area contributed by atoms with E-state index in [1.807, 2.05) is 5.83 Å². The van der Waals surface area contributed by atoms with Crippen LogP contribution in [0.3, 0.4) is 0 Å². The second-order valence-electron chi connectivity index (χ2n) is 1.77. The van der Waals surface area contributed by atoms with Gasteiger partial charge in [0, 0.05) is 12.1 Å². The second kappa shape index (κ2) is 5.54. The summed E-state index contributed by atoms with van der Waals surface area (Å²) in [4.78, 5) is 9.52. The first-order valence-corrected chi connectivity index (χ1v) is 4.60. The number of alkyl halides is 1. The van der Waals surface area contributed by atoms with E-state index in [-0.39, 0.29) is 11.4 Å². The van der Waals surface area contributed by atoms with Gasteiger partial charge in [-0.25, -0.2) is 0 Å². The van der Waals surface area contributed by atoms with Crippen molar-refractivity contribution in [1.29, 1.82) is 0 Å². The molecule has 0 aliphatic heterocycles. The molecule has 1 aromatic carbocycles. The highest BCUT2D eigenvalue weighted by atomic mass is 79.9. The zero-order valence-electron chi connectivity index (χ0n) is 6.40. The monoisotopic (exact) mass is 233 g/mol. The Morgan fingerprint density at radius 3 is 2.08 bits per heavy atom. The lowest BCUT2D eigenvalue weighted by molar-refractivity contribution is -0.384. The van der Waals surface area contributed by atoms with Crippen LogP contribution in [-0.2, 0) is 0 Å². The molecule has 0 heterocycles. The minimum absolute atomic E-state index is 0.0159. The summed E-state index contributed by atoms with van der Waals surface area (Å²) >= 11 is 2.94. The van der Waals surface area contributed by atoms with Crippen LogP contribution in [-0.4, -0.2) is 15.9 Å². The second-order valence-corrected chi connectivity index (χ2v) is 1.77. The lowest BCUT2D eigenvalue weighted by Gasteiger charge is -1.89. The van der Waals surface area contributed by atoms with Crippen LogP contribution in [0.15, 0.2) is 24.3 Å². The Labute approximate surface area is 78.1 Å². The van der Waals surface area contributed by atoms with E-state index < -0.39 is 4.92 Å². The van der Waals surface area contributed by atoms with E-state index in [0.717, 1.165) is 0 Å². The number of phenols is 1. The molecule has 0 aromatic heterocycles. The molecule has 0 amide bonds. The molecule has 0 fully saturated rings. The molecule has 1 N–H and O–H groups in total. The van der Waals surface area contributed by atoms with Crippen LogP contribution in [0.25, 0.3) is 0 Å². The predicted octanol–water partition coefficient (Wildman–Crippen LogP) is 2.31. The smallest absolute Gasteiger partial charge is 0.269 e. The number of nitro benzene ring substituents is 1. The van der Waals surface area contributed by atoms with Gasteiger partial charge in [-0.15, -0.1) is 0 Å². The topological polar surface area (TPSA) is 63.4 Å². The Kier molecular flexibility index (Phi) is 5.03. The number of aromatic hydroxyl groups is 1. The summed E-state index contributed by atoms with van der Waals surface area (Å²) in [6.45, 7) is 0. The average Bonchev–Trinajstić information content (AvgIpc) is 2.09. The number of halogens is 1. The predicted molar refractivity (Wildman–Crippen MR) is 49.6 cm³/mol. The highest BCUT2D eigenvalue weighted by molar-refractivity contribution is 9.08. The molecule has 1 aromatic rings. The Hall–Kier alpha value is -1.10. The summed E-state index contributed by atoms with van der Waals surface area (Å²) in [5, 5.41) is 18.8. The van der Waals surface area contributed by atoms with E-state index in [1.165, 1.54) is 24.3 Å². The fraction of sp³-hybridized carbons (Fsp3) is 0.143. The van der Waals surface area contributed by atoms with Crippen molar-refractivity contribution in [3.05, 3.63) is 34.4 Å². The molecule has 0 atom stereocenters. The zero-order valence-corrected chi connectivity index (χ0v) is 7.98. The van der Waals surface area contributed by atoms with Crippen LogP contribution in [0.1, 0.15) is 0 Å². The van der Waals surface area contributed by atoms with E-state index >= 15 is 0 Å². The van der Waals surface area contributed by atoms with Crippen LogP contribution >= 0.6 is 15.9 Å². The maximum absolute atomic E-state index is 10.0. The van der Waals surface area contributed by atoms with Gasteiger partial charge in [0.15, 0.2) is 0 Å². The first kappa shape index (κ1) is 10.9. The lowest BCUT2D eigenvalue weighted by atomic mass is 10.3. The van der Waals surface area contributed by atoms with Gasteiger partial charge in [-0.1, -0.05) is 15.9 Å². The Bertz CT molecular complexity index is 247. The Morgan fingerprint density at radius 1 is 1.33 bits per heavy atom. The van der Waals surface area contributed by atoms with E-state index in [9.17, 15) is 10.1 Å². The molecule has 5 heteroatoms. The molecule has 12 heavy (non-hydrogen) atoms. The quantitative estimate of drug-likeness (QED) is 0.460. The largest absolute Gasteiger partial charge is 0.508 e. The maximum Gasteiger partial charge on any atom is 0.269 e. The van der Waals surface area contributed by atoms with E-state index in [0.29, 0.717) is 0 Å². The standard InChI is InChI=1S/C6H5NO3.CH3Br/c8-6-3-1-5(2-4-6)7(9)10;1-2/h1-4,8H;1H3. The molecule has 0 aliphatic carbocycles. The fourth-order valence-corrected chi connectivity index (χ4v) is 0.574. The van der Waals surface area contributed by atoms with Gasteiger partial charge in [0.2, 0.25) is 0 Å². The molecule has 4 nitrogen and oxygen atoms in total. The van der Waals surface area contributed by atoms with Gasteiger partial charge in [-0.05, 0) is 18.0 Å². The number of benzene rings is 1. The van der Waals surface area contributed by atoms with Gasteiger partial charge in [0.05, 0.1) is 4.92 Å². The summed E-state index contributed by atoms with van der Waals surface area (Å²) in [6, 6.07) is 5.04. The van der Waals surface area contributed by atoms with Crippen molar-refractivity contribution in [2.24, 2.45) is 0 Å². The number of nitrogens with zero attached hydrogens (tertiary/aromatic N) is 1. The Balaban J connectivity index is 0.000000561. The van der Waals surface area contributed by atoms with Crippen LogP contribution < -0.4 is 0 Å². The average molecular weight is 234 g/mol. The van der Waals surface area contributed by atoms with Crippen LogP contribution in [0.5, 0.6) is 5.75 Å². The maximum atomic E-state index is 10.0. The summed E-state index contributed by atoms with van der Waals surface area (Å²) < 4.78 is 0. The molecule has 66 valence electrons. The number of hydrogen-bond acceptors (Lipinski definition) is 3. The van der Waals surface area contributed by atoms with Crippen molar-refractivity contribution in [3.63, 3.8) is 0 Å². The molecule has 0 saturated heterocycles. The fourth-order valence-electron chi connectivity index (χ4n) is 0.574. The van der Waals surface area contributed by atoms with Gasteiger partial charge in [0.25, 0.3) is 5.69 Å². The Morgan fingerprint density at radius 2 is 1.75 bits per heavy atom. The minimum Gasteiger partial charge on any atom is -0.508 e. The third-order valence-corrected chi connectivity index (χ3v) is 1.06. The summed E-state index contributed by atoms with van der Waals surface area (Å²) in [5.74, 6) is 1.85. The molecule has 0 unspecified atom stereocenters. The third-order valence-electron chi connectivity index (χ3n) is 1.06. The van der Waals surface area contributed by atoms with E-state index in [2.05, 4.69) is 15.9 Å². The summed E-state index contributed by atoms with van der Waals surface area (Å²) in [5.41, 5.74) is -0.0159. The number of nitro groups is 1. The van der Waals surface area contributed by atoms with Crippen molar-refractivity contribution in [1.82, 2.24) is 0 Å². The van der Waals surface area contributed by atoms with Gasteiger partial charge >= 0.3 is 0 Å². The summed E-state index contributed by atoms with van der Waals surface area (Å²) in [7, 11) is 0. The number of phenolic OH excluding ortho intramolecular Hbond substituents is 1. The van der Waals surface area contributed by atoms with Gasteiger partial charge < -0.3 is 5.11 Å². The number of rotatable bonds is 1. The first-order chi connectivity index (χ1) is 5.70. The molecule has 0 bridgehead atoms. The van der Waals surface area contributed by atoms with Crippen molar-refractivity contribution >= 4 is 21.6 Å². The number of hydrogen-bond donors (Lipinski definition) is 1. The van der Waals surface area contributed by atoms with Crippen molar-refractivity contribution in [2.75, 3.05) is 5.83 Å². The molecule has 0 radical (unpaired) electrons. The first-order valence-electron chi connectivity index (χ1n) is 3.01. The molecule has 0 saturated carbocycles. The molecule has 0 spiro atoms. The van der Waals surface area contributed by atoms with Gasteiger partial charge in [-0.3, -0.25) is 10.1 Å². The van der Waals surface area contributed by atoms with Crippen molar-refractivity contribution < 1.29 is 10.0 Å². The highest BCUT2D eigenvalue weighted by Gasteiger charge is 2.01. The van der Waals surface area contributed by atoms with Crippen LogP contribution in [0.4, 0.5) is 5.69 Å². The van der Waals surface area contributed by atoms with Crippen molar-refractivity contribution in [2.45, 2.75) is 0 Å². The third kappa shape index (κ3) is 3.34. The minimum atomic E-state index is -0.514. The molecule has 1 rings (SSSR count). The van der Waals surface area contributed by atoms with Crippen LogP contribution in [0.2, 0.25) is 0 Å². The van der Waals surface area contributed by atoms with Gasteiger partial charge in [0.1, 0.15) is 5.75 Å².